The van der Waals surface area contributed by atoms with Crippen LogP contribution in [0.15, 0.2) is 18.2 Å². The van der Waals surface area contributed by atoms with Crippen LogP contribution in [0.2, 0.25) is 0 Å². The van der Waals surface area contributed by atoms with Gasteiger partial charge in [-0.15, -0.1) is 0 Å². The van der Waals surface area contributed by atoms with Crippen LogP contribution >= 0.6 is 12.6 Å². The normalized spacial score (nSPS) is 13.5. The Morgan fingerprint density at radius 3 is 2.83 bits per heavy atom. The lowest BCUT2D eigenvalue weighted by Crippen LogP contribution is -2.37. The molecule has 0 aliphatic carbocycles. The topological polar surface area (TPSA) is 47.6 Å². The van der Waals surface area contributed by atoms with Crippen molar-refractivity contribution in [2.75, 3.05) is 19.1 Å². The van der Waals surface area contributed by atoms with Crippen LogP contribution in [0.5, 0.6) is 11.5 Å². The highest BCUT2D eigenvalue weighted by Crippen LogP contribution is 2.36. The van der Waals surface area contributed by atoms with E-state index in [-0.39, 0.29) is 23.9 Å². The van der Waals surface area contributed by atoms with Crippen molar-refractivity contribution < 1.29 is 14.3 Å². The lowest BCUT2D eigenvalue weighted by atomic mass is 9.84. The van der Waals surface area contributed by atoms with Gasteiger partial charge in [0.1, 0.15) is 0 Å². The van der Waals surface area contributed by atoms with E-state index in [1.165, 1.54) is 0 Å². The third-order valence-corrected chi connectivity index (χ3v) is 3.31. The number of ether oxygens (including phenoxy) is 2. The van der Waals surface area contributed by atoms with Gasteiger partial charge in [0.15, 0.2) is 11.5 Å². The van der Waals surface area contributed by atoms with Crippen LogP contribution in [-0.2, 0) is 10.2 Å². The molecule has 2 rings (SSSR count). The summed E-state index contributed by atoms with van der Waals surface area (Å²) in [5.74, 6) is 1.68. The van der Waals surface area contributed by atoms with Crippen molar-refractivity contribution in [2.24, 2.45) is 0 Å². The summed E-state index contributed by atoms with van der Waals surface area (Å²) in [5, 5.41) is 2.85. The summed E-state index contributed by atoms with van der Waals surface area (Å²) in [6.45, 7) is 4.98. The first kappa shape index (κ1) is 13.1. The molecule has 0 saturated carbocycles. The first-order valence-corrected chi connectivity index (χ1v) is 6.44. The average molecular weight is 267 g/mol. The van der Waals surface area contributed by atoms with Gasteiger partial charge < -0.3 is 14.8 Å². The van der Waals surface area contributed by atoms with Crippen LogP contribution in [0.25, 0.3) is 0 Å². The summed E-state index contributed by atoms with van der Waals surface area (Å²) < 4.78 is 10.6. The Bertz CT molecular complexity index is 460. The van der Waals surface area contributed by atoms with E-state index in [1.54, 1.807) is 0 Å². The van der Waals surface area contributed by atoms with E-state index >= 15 is 0 Å². The number of hydrogen-bond acceptors (Lipinski definition) is 4. The zero-order valence-corrected chi connectivity index (χ0v) is 11.4. The van der Waals surface area contributed by atoms with Gasteiger partial charge in [-0.2, -0.15) is 12.6 Å². The van der Waals surface area contributed by atoms with Gasteiger partial charge in [0, 0.05) is 12.0 Å². The van der Waals surface area contributed by atoms with E-state index in [9.17, 15) is 4.79 Å². The van der Waals surface area contributed by atoms with Gasteiger partial charge in [-0.3, -0.25) is 4.79 Å². The van der Waals surface area contributed by atoms with Crippen LogP contribution in [-0.4, -0.2) is 25.0 Å². The fraction of sp³-hybridized carbons (Fsp3) is 0.462. The summed E-state index contributed by atoms with van der Waals surface area (Å²) in [5.41, 5.74) is 0.936. The monoisotopic (exact) mass is 267 g/mol. The van der Waals surface area contributed by atoms with Crippen molar-refractivity contribution in [1.82, 2.24) is 5.32 Å². The average Bonchev–Trinajstić information content (AvgIpc) is 2.83. The Morgan fingerprint density at radius 1 is 1.39 bits per heavy atom. The van der Waals surface area contributed by atoms with Gasteiger partial charge in [-0.05, 0) is 17.7 Å². The first-order valence-electron chi connectivity index (χ1n) is 5.80. The summed E-state index contributed by atoms with van der Waals surface area (Å²) in [4.78, 5) is 11.2. The number of amides is 1. The number of fused-ring (bicyclic) bond motifs is 1. The molecule has 0 unspecified atom stereocenters. The predicted octanol–water partition coefficient (Wildman–Crippen LogP) is 1.74. The maximum atomic E-state index is 11.2. The molecule has 0 bridgehead atoms. The van der Waals surface area contributed by atoms with Crippen molar-refractivity contribution in [2.45, 2.75) is 19.3 Å². The Kier molecular flexibility index (Phi) is 3.71. The molecule has 0 aromatic heterocycles. The van der Waals surface area contributed by atoms with Gasteiger partial charge in [-0.1, -0.05) is 19.9 Å². The molecule has 98 valence electrons. The van der Waals surface area contributed by atoms with E-state index in [0.29, 0.717) is 6.54 Å². The number of thiol groups is 1. The lowest BCUT2D eigenvalue weighted by Gasteiger charge is -2.25. The molecule has 0 fully saturated rings. The lowest BCUT2D eigenvalue weighted by molar-refractivity contribution is -0.118. The molecule has 1 aromatic rings. The smallest absolute Gasteiger partial charge is 0.231 e. The highest BCUT2D eigenvalue weighted by atomic mass is 32.1. The third-order valence-electron chi connectivity index (χ3n) is 3.03. The molecule has 0 spiro atoms. The third kappa shape index (κ3) is 2.72. The standard InChI is InChI=1S/C13H17NO3S/c1-13(2,7-14-12(15)6-18)9-3-4-10-11(5-9)17-8-16-10/h3-5,18H,6-8H2,1-2H3,(H,14,15). The number of carbonyl (C=O) groups excluding carboxylic acids is 1. The largest absolute Gasteiger partial charge is 0.454 e. The van der Waals surface area contributed by atoms with Gasteiger partial charge in [0.25, 0.3) is 0 Å². The fourth-order valence-electron chi connectivity index (χ4n) is 1.80. The molecule has 1 heterocycles. The van der Waals surface area contributed by atoms with Crippen molar-refractivity contribution in [1.29, 1.82) is 0 Å². The minimum atomic E-state index is -0.167. The second-order valence-corrected chi connectivity index (χ2v) is 5.20. The van der Waals surface area contributed by atoms with E-state index in [2.05, 4.69) is 31.8 Å². The molecule has 5 heteroatoms. The molecule has 1 amide bonds. The van der Waals surface area contributed by atoms with E-state index in [0.717, 1.165) is 17.1 Å². The molecule has 1 N–H and O–H groups in total. The molecule has 0 atom stereocenters. The zero-order valence-electron chi connectivity index (χ0n) is 10.5. The highest BCUT2D eigenvalue weighted by molar-refractivity contribution is 7.81. The molecule has 0 radical (unpaired) electrons. The number of carbonyl (C=O) groups is 1. The second kappa shape index (κ2) is 5.10. The van der Waals surface area contributed by atoms with E-state index < -0.39 is 0 Å². The molecule has 18 heavy (non-hydrogen) atoms. The summed E-state index contributed by atoms with van der Waals surface area (Å²) in [6, 6.07) is 5.87. The Morgan fingerprint density at radius 2 is 2.11 bits per heavy atom. The molecule has 1 aliphatic heterocycles. The van der Waals surface area contributed by atoms with Crippen molar-refractivity contribution in [3.05, 3.63) is 23.8 Å². The quantitative estimate of drug-likeness (QED) is 0.817. The van der Waals surface area contributed by atoms with Gasteiger partial charge in [-0.25, -0.2) is 0 Å². The fourth-order valence-corrected chi connectivity index (χ4v) is 1.91. The van der Waals surface area contributed by atoms with Crippen LogP contribution in [0.1, 0.15) is 19.4 Å². The SMILES string of the molecule is CC(C)(CNC(=O)CS)c1ccc2c(c1)OCO2. The number of rotatable bonds is 4. The molecule has 4 nitrogen and oxygen atoms in total. The minimum absolute atomic E-state index is 0.0628. The molecule has 0 saturated heterocycles. The number of hydrogen-bond donors (Lipinski definition) is 2. The van der Waals surface area contributed by atoms with Crippen LogP contribution < -0.4 is 14.8 Å². The predicted molar refractivity (Wildman–Crippen MR) is 72.5 cm³/mol. The number of benzene rings is 1. The Hall–Kier alpha value is -1.36. The van der Waals surface area contributed by atoms with Crippen molar-refractivity contribution in [3.8, 4) is 11.5 Å². The maximum absolute atomic E-state index is 11.2. The summed E-state index contributed by atoms with van der Waals surface area (Å²) in [7, 11) is 0. The molecule has 1 aliphatic rings. The highest BCUT2D eigenvalue weighted by Gasteiger charge is 2.24. The second-order valence-electron chi connectivity index (χ2n) is 4.89. The first-order chi connectivity index (χ1) is 8.53. The van der Waals surface area contributed by atoms with Gasteiger partial charge in [0.2, 0.25) is 12.7 Å². The Balaban J connectivity index is 2.11. The van der Waals surface area contributed by atoms with Crippen molar-refractivity contribution in [3.63, 3.8) is 0 Å². The Labute approximate surface area is 112 Å². The molecule has 1 aromatic carbocycles. The summed E-state index contributed by atoms with van der Waals surface area (Å²) >= 11 is 3.94. The van der Waals surface area contributed by atoms with Crippen LogP contribution in [0.4, 0.5) is 0 Å². The van der Waals surface area contributed by atoms with Gasteiger partial charge in [0.05, 0.1) is 5.75 Å². The van der Waals surface area contributed by atoms with E-state index in [1.807, 2.05) is 18.2 Å². The molecular formula is C13H17NO3S. The zero-order chi connectivity index (χ0) is 13.2. The van der Waals surface area contributed by atoms with Crippen LogP contribution in [0.3, 0.4) is 0 Å². The summed E-state index contributed by atoms with van der Waals surface area (Å²) in [6.07, 6.45) is 0. The van der Waals surface area contributed by atoms with E-state index in [4.69, 9.17) is 9.47 Å². The maximum Gasteiger partial charge on any atom is 0.231 e. The minimum Gasteiger partial charge on any atom is -0.454 e. The number of nitrogens with one attached hydrogen (secondary N) is 1. The van der Waals surface area contributed by atoms with Crippen LogP contribution in [0, 0.1) is 0 Å². The van der Waals surface area contributed by atoms with Crippen molar-refractivity contribution >= 4 is 18.5 Å². The van der Waals surface area contributed by atoms with Gasteiger partial charge >= 0.3 is 0 Å². The molecular weight excluding hydrogens is 250 g/mol.